The molecule has 0 radical (unpaired) electrons. The van der Waals surface area contributed by atoms with Gasteiger partial charge in [-0.3, -0.25) is 4.99 Å². The van der Waals surface area contributed by atoms with Crippen LogP contribution in [0.5, 0.6) is 0 Å². The van der Waals surface area contributed by atoms with Gasteiger partial charge in [0, 0.05) is 17.6 Å². The number of hydrogen-bond donors (Lipinski definition) is 0. The van der Waals surface area contributed by atoms with Gasteiger partial charge in [0.15, 0.2) is 0 Å². The smallest absolute Gasteiger partial charge is 0.0882 e. The van der Waals surface area contributed by atoms with Crippen LogP contribution in [-0.4, -0.2) is 12.1 Å². The number of benzene rings is 1. The monoisotopic (exact) mass is 170 g/mol. The van der Waals surface area contributed by atoms with Crippen LogP contribution < -0.4 is 0 Å². The molecule has 1 heterocycles. The third-order valence-corrected chi connectivity index (χ3v) is 2.28. The summed E-state index contributed by atoms with van der Waals surface area (Å²) in [6.45, 7) is 4.17. The molecule has 0 spiro atoms. The van der Waals surface area contributed by atoms with Gasteiger partial charge in [0.1, 0.15) is 0 Å². The van der Waals surface area contributed by atoms with Crippen molar-refractivity contribution in [3.63, 3.8) is 0 Å². The first-order chi connectivity index (χ1) is 6.29. The molecule has 0 fully saturated rings. The highest BCUT2D eigenvalue weighted by molar-refractivity contribution is 5.91. The predicted molar refractivity (Wildman–Crippen MR) is 55.2 cm³/mol. The summed E-state index contributed by atoms with van der Waals surface area (Å²) in [6, 6.07) is 4.06. The molecule has 13 heavy (non-hydrogen) atoms. The second-order valence-electron chi connectivity index (χ2n) is 3.09. The fourth-order valence-electron chi connectivity index (χ4n) is 1.33. The van der Waals surface area contributed by atoms with Crippen LogP contribution in [0, 0.1) is 13.8 Å². The summed E-state index contributed by atoms with van der Waals surface area (Å²) in [5.41, 5.74) is 4.55. The molecule has 0 saturated heterocycles. The van der Waals surface area contributed by atoms with Crippen LogP contribution in [0.4, 0.5) is 5.69 Å². The molecule has 0 aromatic heterocycles. The van der Waals surface area contributed by atoms with E-state index in [0.717, 1.165) is 11.3 Å². The molecular weight excluding hydrogens is 160 g/mol. The Kier molecular flexibility index (Phi) is 1.84. The molecule has 1 aromatic carbocycles. The molecule has 2 nitrogen and oxygen atoms in total. The minimum Gasteiger partial charge on any atom is -0.254 e. The molecule has 2 heteroatoms. The molecule has 0 N–H and O–H groups in total. The standard InChI is InChI=1S/C11H10N2/c1-8-3-4-11-10(9(8)2)7-12-5-6-13-11/h3-5,7H,1-2H3. The first kappa shape index (κ1) is 7.96. The molecule has 0 unspecified atom stereocenters. The summed E-state index contributed by atoms with van der Waals surface area (Å²) in [5.74, 6) is 2.75. The van der Waals surface area contributed by atoms with Crippen LogP contribution in [-0.2, 0) is 0 Å². The van der Waals surface area contributed by atoms with E-state index in [1.807, 2.05) is 12.3 Å². The average Bonchev–Trinajstić information content (AvgIpc) is 2.36. The summed E-state index contributed by atoms with van der Waals surface area (Å²) in [6.07, 6.45) is 3.41. The highest BCUT2D eigenvalue weighted by atomic mass is 14.8. The molecule has 0 amide bonds. The van der Waals surface area contributed by atoms with E-state index in [2.05, 4.69) is 35.8 Å². The lowest BCUT2D eigenvalue weighted by Crippen LogP contribution is -1.90. The maximum absolute atomic E-state index is 4.16. The van der Waals surface area contributed by atoms with Gasteiger partial charge < -0.3 is 0 Å². The van der Waals surface area contributed by atoms with Gasteiger partial charge in [0.25, 0.3) is 0 Å². The van der Waals surface area contributed by atoms with Gasteiger partial charge in [-0.25, -0.2) is 4.99 Å². The van der Waals surface area contributed by atoms with Crippen molar-refractivity contribution < 1.29 is 0 Å². The van der Waals surface area contributed by atoms with Gasteiger partial charge in [0.2, 0.25) is 0 Å². The van der Waals surface area contributed by atoms with E-state index in [4.69, 9.17) is 0 Å². The lowest BCUT2D eigenvalue weighted by molar-refractivity contribution is 1.32. The van der Waals surface area contributed by atoms with E-state index in [0.29, 0.717) is 0 Å². The van der Waals surface area contributed by atoms with Gasteiger partial charge in [-0.15, -0.1) is 0 Å². The summed E-state index contributed by atoms with van der Waals surface area (Å²) in [7, 11) is 0. The Morgan fingerprint density at radius 3 is 2.92 bits per heavy atom. The zero-order valence-electron chi connectivity index (χ0n) is 7.70. The van der Waals surface area contributed by atoms with Gasteiger partial charge in [-0.05, 0) is 31.0 Å². The minimum absolute atomic E-state index is 0.945. The molecule has 1 aromatic rings. The number of fused-ring (bicyclic) bond motifs is 1. The van der Waals surface area contributed by atoms with Crippen molar-refractivity contribution >= 4 is 17.8 Å². The largest absolute Gasteiger partial charge is 0.254 e. The Balaban J connectivity index is 2.74. The summed E-state index contributed by atoms with van der Waals surface area (Å²) >= 11 is 0. The third-order valence-electron chi connectivity index (χ3n) is 2.28. The highest BCUT2D eigenvalue weighted by Gasteiger charge is 2.05. The van der Waals surface area contributed by atoms with Crippen molar-refractivity contribution in [2.24, 2.45) is 9.98 Å². The van der Waals surface area contributed by atoms with E-state index in [9.17, 15) is 0 Å². The normalized spacial score (nSPS) is 12.8. The zero-order chi connectivity index (χ0) is 9.26. The molecule has 0 saturated carbocycles. The van der Waals surface area contributed by atoms with Crippen molar-refractivity contribution in [2.45, 2.75) is 13.8 Å². The molecule has 1 aliphatic rings. The maximum atomic E-state index is 4.16. The van der Waals surface area contributed by atoms with Crippen LogP contribution >= 0.6 is 0 Å². The quantitative estimate of drug-likeness (QED) is 0.571. The van der Waals surface area contributed by atoms with E-state index < -0.39 is 0 Å². The molecule has 0 aliphatic carbocycles. The first-order valence-electron chi connectivity index (χ1n) is 4.20. The van der Waals surface area contributed by atoms with E-state index in [1.165, 1.54) is 11.1 Å². The van der Waals surface area contributed by atoms with Gasteiger partial charge in [-0.1, -0.05) is 6.07 Å². The maximum Gasteiger partial charge on any atom is 0.0882 e. The molecule has 0 bridgehead atoms. The van der Waals surface area contributed by atoms with Gasteiger partial charge in [0.05, 0.1) is 11.9 Å². The first-order valence-corrected chi connectivity index (χ1v) is 4.20. The van der Waals surface area contributed by atoms with Crippen molar-refractivity contribution in [1.29, 1.82) is 0 Å². The van der Waals surface area contributed by atoms with Crippen LogP contribution in [0.3, 0.4) is 0 Å². The van der Waals surface area contributed by atoms with E-state index >= 15 is 0 Å². The molecule has 0 atom stereocenters. The lowest BCUT2D eigenvalue weighted by Gasteiger charge is -2.05. The lowest BCUT2D eigenvalue weighted by atomic mass is 10.0. The second-order valence-corrected chi connectivity index (χ2v) is 3.09. The number of nitrogens with zero attached hydrogens (tertiary/aromatic N) is 2. The Morgan fingerprint density at radius 1 is 1.23 bits per heavy atom. The predicted octanol–water partition coefficient (Wildman–Crippen LogP) is 2.55. The van der Waals surface area contributed by atoms with Crippen molar-refractivity contribution in [3.05, 3.63) is 35.0 Å². The van der Waals surface area contributed by atoms with Gasteiger partial charge in [-0.2, -0.15) is 0 Å². The fraction of sp³-hybridized carbons (Fsp3) is 0.182. The Hall–Kier alpha value is -1.66. The molecule has 2 rings (SSSR count). The van der Waals surface area contributed by atoms with Crippen LogP contribution in [0.15, 0.2) is 28.3 Å². The summed E-state index contributed by atoms with van der Waals surface area (Å²) < 4.78 is 0. The van der Waals surface area contributed by atoms with Crippen LogP contribution in [0.2, 0.25) is 0 Å². The number of aryl methyl sites for hydroxylation is 1. The van der Waals surface area contributed by atoms with Crippen LogP contribution in [0.1, 0.15) is 16.7 Å². The van der Waals surface area contributed by atoms with Crippen molar-refractivity contribution in [1.82, 2.24) is 0 Å². The molecule has 64 valence electrons. The Morgan fingerprint density at radius 2 is 2.08 bits per heavy atom. The molecule has 1 aliphatic heterocycles. The second kappa shape index (κ2) is 3.00. The number of hydrogen-bond acceptors (Lipinski definition) is 2. The van der Waals surface area contributed by atoms with Gasteiger partial charge >= 0.3 is 0 Å². The summed E-state index contributed by atoms with van der Waals surface area (Å²) in [4.78, 5) is 8.22. The summed E-state index contributed by atoms with van der Waals surface area (Å²) in [5, 5.41) is 0. The highest BCUT2D eigenvalue weighted by Crippen LogP contribution is 2.23. The van der Waals surface area contributed by atoms with E-state index in [1.54, 1.807) is 6.20 Å². The fourth-order valence-corrected chi connectivity index (χ4v) is 1.33. The Labute approximate surface area is 77.4 Å². The number of aliphatic imine (C=N–C) groups is 2. The number of rotatable bonds is 0. The average molecular weight is 170 g/mol. The molecular formula is C11H10N2. The van der Waals surface area contributed by atoms with Crippen molar-refractivity contribution in [3.8, 4) is 0 Å². The van der Waals surface area contributed by atoms with E-state index in [-0.39, 0.29) is 0 Å². The topological polar surface area (TPSA) is 24.7 Å². The zero-order valence-corrected chi connectivity index (χ0v) is 7.70. The Bertz CT molecular complexity index is 436. The SMILES string of the molecule is Cc1ccc2c(c1C)C=NC=C=N2. The van der Waals surface area contributed by atoms with Crippen molar-refractivity contribution in [2.75, 3.05) is 0 Å². The minimum atomic E-state index is 0.945. The third kappa shape index (κ3) is 1.32. The van der Waals surface area contributed by atoms with Crippen LogP contribution in [0.25, 0.3) is 0 Å².